The molecule has 4 rings (SSSR count). The molecule has 0 spiro atoms. The number of hydrogen-bond acceptors (Lipinski definition) is 2. The van der Waals surface area contributed by atoms with Gasteiger partial charge < -0.3 is 15.0 Å². The van der Waals surface area contributed by atoms with Crippen LogP contribution in [0.15, 0.2) is 85.1 Å². The Labute approximate surface area is 170 Å². The van der Waals surface area contributed by atoms with Crippen LogP contribution in [0.2, 0.25) is 5.02 Å². The maximum Gasteiger partial charge on any atom is 0.0914 e. The topological polar surface area (TPSA) is 37.2 Å². The summed E-state index contributed by atoms with van der Waals surface area (Å²) in [6.07, 6.45) is 1.68. The van der Waals surface area contributed by atoms with Crippen molar-refractivity contribution in [1.82, 2.24) is 9.88 Å². The van der Waals surface area contributed by atoms with Crippen LogP contribution in [-0.4, -0.2) is 16.2 Å². The molecule has 0 aliphatic carbocycles. The molecule has 1 aromatic heterocycles. The fourth-order valence-corrected chi connectivity index (χ4v) is 3.78. The van der Waals surface area contributed by atoms with E-state index in [1.807, 2.05) is 48.5 Å². The van der Waals surface area contributed by atoms with Crippen LogP contribution in [0, 0.1) is 0 Å². The number of nitrogens with one attached hydrogen (secondary N) is 1. The minimum absolute atomic E-state index is 0.512. The number of aliphatic hydroxyl groups is 1. The average molecular weight is 391 g/mol. The first-order chi connectivity index (χ1) is 13.7. The van der Waals surface area contributed by atoms with E-state index in [0.29, 0.717) is 13.1 Å². The molecule has 1 heterocycles. The Morgan fingerprint density at radius 1 is 0.929 bits per heavy atom. The quantitative estimate of drug-likeness (QED) is 0.457. The minimum Gasteiger partial charge on any atom is -0.387 e. The lowest BCUT2D eigenvalue weighted by Gasteiger charge is -2.11. The van der Waals surface area contributed by atoms with Gasteiger partial charge in [0, 0.05) is 41.8 Å². The normalized spacial score (nSPS) is 12.4. The molecule has 4 aromatic rings. The summed E-state index contributed by atoms with van der Waals surface area (Å²) in [6, 6.07) is 26.1. The van der Waals surface area contributed by atoms with Crippen LogP contribution in [0.25, 0.3) is 10.9 Å². The summed E-state index contributed by atoms with van der Waals surface area (Å²) in [6.45, 7) is 1.98. The number of aromatic nitrogens is 1. The average Bonchev–Trinajstić information content (AvgIpc) is 3.06. The fourth-order valence-electron chi connectivity index (χ4n) is 3.56. The smallest absolute Gasteiger partial charge is 0.0914 e. The molecule has 0 aliphatic rings. The SMILES string of the molecule is O[C@H](CNCc1cn(Cc2cccc(Cl)c2)c2ccccc12)c1ccccc1. The molecule has 0 radical (unpaired) electrons. The van der Waals surface area contributed by atoms with E-state index in [-0.39, 0.29) is 0 Å². The van der Waals surface area contributed by atoms with Crippen molar-refractivity contribution in [2.45, 2.75) is 19.2 Å². The van der Waals surface area contributed by atoms with Gasteiger partial charge in [-0.2, -0.15) is 0 Å². The molecule has 2 N–H and O–H groups in total. The predicted molar refractivity (Wildman–Crippen MR) is 116 cm³/mol. The molecule has 142 valence electrons. The zero-order valence-corrected chi connectivity index (χ0v) is 16.3. The van der Waals surface area contributed by atoms with Gasteiger partial charge in [0.2, 0.25) is 0 Å². The van der Waals surface area contributed by atoms with Crippen LogP contribution in [0.1, 0.15) is 22.8 Å². The summed E-state index contributed by atoms with van der Waals surface area (Å²) in [7, 11) is 0. The molecule has 0 bridgehead atoms. The second-order valence-electron chi connectivity index (χ2n) is 6.99. The van der Waals surface area contributed by atoms with Gasteiger partial charge >= 0.3 is 0 Å². The summed E-state index contributed by atoms with van der Waals surface area (Å²) in [5.74, 6) is 0. The highest BCUT2D eigenvalue weighted by Crippen LogP contribution is 2.23. The molecular weight excluding hydrogens is 368 g/mol. The zero-order chi connectivity index (χ0) is 19.3. The zero-order valence-electron chi connectivity index (χ0n) is 15.6. The van der Waals surface area contributed by atoms with E-state index in [2.05, 4.69) is 46.4 Å². The van der Waals surface area contributed by atoms with Crippen LogP contribution in [-0.2, 0) is 13.1 Å². The third kappa shape index (κ3) is 4.28. The first-order valence-electron chi connectivity index (χ1n) is 9.45. The number of fused-ring (bicyclic) bond motifs is 1. The highest BCUT2D eigenvalue weighted by molar-refractivity contribution is 6.30. The summed E-state index contributed by atoms with van der Waals surface area (Å²) >= 11 is 6.14. The third-order valence-electron chi connectivity index (χ3n) is 4.95. The summed E-state index contributed by atoms with van der Waals surface area (Å²) < 4.78 is 2.26. The lowest BCUT2D eigenvalue weighted by molar-refractivity contribution is 0.174. The standard InChI is InChI=1S/C24H23ClN2O/c25-21-10-6-7-18(13-21)16-27-17-20(22-11-4-5-12-23(22)27)14-26-15-24(28)19-8-2-1-3-9-19/h1-13,17,24,26,28H,14-16H2/t24-/m1/s1. The number of rotatable bonds is 7. The van der Waals surface area contributed by atoms with Crippen LogP contribution in [0.3, 0.4) is 0 Å². The lowest BCUT2D eigenvalue weighted by atomic mass is 10.1. The molecule has 0 aliphatic heterocycles. The van der Waals surface area contributed by atoms with Gasteiger partial charge in [-0.1, -0.05) is 72.3 Å². The molecule has 0 amide bonds. The Morgan fingerprint density at radius 3 is 2.54 bits per heavy atom. The Hall–Kier alpha value is -2.59. The van der Waals surface area contributed by atoms with Crippen molar-refractivity contribution < 1.29 is 5.11 Å². The van der Waals surface area contributed by atoms with Crippen molar-refractivity contribution in [3.05, 3.63) is 107 Å². The molecular formula is C24H23ClN2O. The van der Waals surface area contributed by atoms with E-state index in [1.54, 1.807) is 0 Å². The fraction of sp³-hybridized carbons (Fsp3) is 0.167. The molecule has 0 saturated heterocycles. The van der Waals surface area contributed by atoms with Crippen LogP contribution >= 0.6 is 11.6 Å². The monoisotopic (exact) mass is 390 g/mol. The van der Waals surface area contributed by atoms with E-state index >= 15 is 0 Å². The van der Waals surface area contributed by atoms with Gasteiger partial charge in [-0.25, -0.2) is 0 Å². The second-order valence-corrected chi connectivity index (χ2v) is 7.42. The third-order valence-corrected chi connectivity index (χ3v) is 5.19. The number of para-hydroxylation sites is 1. The molecule has 3 nitrogen and oxygen atoms in total. The van der Waals surface area contributed by atoms with E-state index in [1.165, 1.54) is 22.0 Å². The highest BCUT2D eigenvalue weighted by Gasteiger charge is 2.10. The van der Waals surface area contributed by atoms with E-state index in [4.69, 9.17) is 11.6 Å². The molecule has 28 heavy (non-hydrogen) atoms. The van der Waals surface area contributed by atoms with Crippen LogP contribution < -0.4 is 5.32 Å². The Balaban J connectivity index is 1.50. The van der Waals surface area contributed by atoms with Crippen molar-refractivity contribution in [2.75, 3.05) is 6.54 Å². The van der Waals surface area contributed by atoms with Gasteiger partial charge in [-0.15, -0.1) is 0 Å². The van der Waals surface area contributed by atoms with Crippen molar-refractivity contribution in [3.8, 4) is 0 Å². The van der Waals surface area contributed by atoms with Gasteiger partial charge in [0.15, 0.2) is 0 Å². The first kappa shape index (κ1) is 18.8. The van der Waals surface area contributed by atoms with E-state index in [9.17, 15) is 5.11 Å². The predicted octanol–water partition coefficient (Wildman–Crippen LogP) is 5.17. The van der Waals surface area contributed by atoms with E-state index in [0.717, 1.165) is 17.1 Å². The van der Waals surface area contributed by atoms with Gasteiger partial charge in [-0.05, 0) is 34.9 Å². The Kier molecular flexibility index (Phi) is 5.77. The number of halogens is 1. The number of benzene rings is 3. The Morgan fingerprint density at radius 2 is 1.71 bits per heavy atom. The van der Waals surface area contributed by atoms with Crippen molar-refractivity contribution in [2.24, 2.45) is 0 Å². The molecule has 0 saturated carbocycles. The first-order valence-corrected chi connectivity index (χ1v) is 9.83. The van der Waals surface area contributed by atoms with Gasteiger partial charge in [0.25, 0.3) is 0 Å². The van der Waals surface area contributed by atoms with Crippen LogP contribution in [0.4, 0.5) is 0 Å². The molecule has 0 unspecified atom stereocenters. The summed E-state index contributed by atoms with van der Waals surface area (Å²) in [5.41, 5.74) is 4.52. The molecule has 0 fully saturated rings. The maximum absolute atomic E-state index is 10.4. The van der Waals surface area contributed by atoms with Crippen molar-refractivity contribution in [3.63, 3.8) is 0 Å². The lowest BCUT2D eigenvalue weighted by Crippen LogP contribution is -2.20. The largest absolute Gasteiger partial charge is 0.387 e. The number of hydrogen-bond donors (Lipinski definition) is 2. The van der Waals surface area contributed by atoms with Gasteiger partial charge in [0.1, 0.15) is 0 Å². The maximum atomic E-state index is 10.4. The van der Waals surface area contributed by atoms with Crippen molar-refractivity contribution in [1.29, 1.82) is 0 Å². The van der Waals surface area contributed by atoms with Crippen LogP contribution in [0.5, 0.6) is 0 Å². The van der Waals surface area contributed by atoms with Crippen molar-refractivity contribution >= 4 is 22.5 Å². The second kappa shape index (κ2) is 8.61. The summed E-state index contributed by atoms with van der Waals surface area (Å²) in [5, 5.41) is 15.7. The van der Waals surface area contributed by atoms with Gasteiger partial charge in [0.05, 0.1) is 6.10 Å². The highest BCUT2D eigenvalue weighted by atomic mass is 35.5. The minimum atomic E-state index is -0.513. The van der Waals surface area contributed by atoms with E-state index < -0.39 is 6.10 Å². The molecule has 1 atom stereocenters. The number of nitrogens with zero attached hydrogens (tertiary/aromatic N) is 1. The van der Waals surface area contributed by atoms with Gasteiger partial charge in [-0.3, -0.25) is 0 Å². The molecule has 3 aromatic carbocycles. The number of aliphatic hydroxyl groups excluding tert-OH is 1. The molecule has 4 heteroatoms. The Bertz CT molecular complexity index is 1060. The summed E-state index contributed by atoms with van der Waals surface area (Å²) in [4.78, 5) is 0.